The molecule has 0 saturated heterocycles. The van der Waals surface area contributed by atoms with Crippen molar-refractivity contribution in [2.45, 2.75) is 55.8 Å². The highest BCUT2D eigenvalue weighted by Gasteiger charge is 2.51. The zero-order valence-corrected chi connectivity index (χ0v) is 25.5. The first-order valence-electron chi connectivity index (χ1n) is 14.5. The summed E-state index contributed by atoms with van der Waals surface area (Å²) in [4.78, 5) is 13.0. The molecule has 42 heavy (non-hydrogen) atoms. The molecule has 3 aromatic carbocycles. The van der Waals surface area contributed by atoms with Crippen molar-refractivity contribution in [2.24, 2.45) is 17.8 Å². The molecule has 0 atom stereocenters. The van der Waals surface area contributed by atoms with E-state index in [2.05, 4.69) is 22.2 Å². The van der Waals surface area contributed by atoms with E-state index in [0.29, 0.717) is 17.1 Å². The molecule has 0 unspecified atom stereocenters. The Kier molecular flexibility index (Phi) is 7.33. The Morgan fingerprint density at radius 1 is 0.833 bits per heavy atom. The molecule has 4 aliphatic carbocycles. The van der Waals surface area contributed by atoms with Crippen molar-refractivity contribution in [1.29, 1.82) is 0 Å². The third kappa shape index (κ3) is 5.92. The molecule has 8 nitrogen and oxygen atoms in total. The number of anilines is 3. The summed E-state index contributed by atoms with van der Waals surface area (Å²) in [6, 6.07) is 20.6. The van der Waals surface area contributed by atoms with Crippen LogP contribution >= 0.6 is 0 Å². The van der Waals surface area contributed by atoms with E-state index >= 15 is 0 Å². The van der Waals surface area contributed by atoms with Crippen LogP contribution in [0.1, 0.15) is 49.7 Å². The van der Waals surface area contributed by atoms with Gasteiger partial charge < -0.3 is 5.32 Å². The van der Waals surface area contributed by atoms with Crippen molar-refractivity contribution in [3.05, 3.63) is 83.9 Å². The average Bonchev–Trinajstić information content (AvgIpc) is 2.91. The number of carbonyl (C=O) groups excluding carboxylic acids is 1. The zero-order valence-electron chi connectivity index (χ0n) is 23.9. The van der Waals surface area contributed by atoms with Crippen molar-refractivity contribution in [3.8, 4) is 0 Å². The van der Waals surface area contributed by atoms with Crippen LogP contribution in [0.25, 0.3) is 0 Å². The first-order chi connectivity index (χ1) is 19.9. The number of hydrogen-bond donors (Lipinski definition) is 2. The Balaban J connectivity index is 1.13. The van der Waals surface area contributed by atoms with Gasteiger partial charge in [0.05, 0.1) is 16.8 Å². The summed E-state index contributed by atoms with van der Waals surface area (Å²) in [5.41, 5.74) is 3.68. The molecular weight excluding hydrogens is 571 g/mol. The van der Waals surface area contributed by atoms with E-state index in [-0.39, 0.29) is 10.3 Å². The Morgan fingerprint density at radius 3 is 1.98 bits per heavy atom. The fourth-order valence-corrected chi connectivity index (χ4v) is 9.72. The molecule has 0 aliphatic heterocycles. The van der Waals surface area contributed by atoms with Crippen LogP contribution in [0.2, 0.25) is 0 Å². The van der Waals surface area contributed by atoms with Gasteiger partial charge in [-0.25, -0.2) is 16.8 Å². The highest BCUT2D eigenvalue weighted by Crippen LogP contribution is 2.60. The van der Waals surface area contributed by atoms with Gasteiger partial charge >= 0.3 is 0 Å². The molecule has 0 heterocycles. The van der Waals surface area contributed by atoms with Crippen molar-refractivity contribution < 1.29 is 21.6 Å². The molecule has 0 aromatic heterocycles. The summed E-state index contributed by atoms with van der Waals surface area (Å²) in [7, 11) is -7.56. The maximum atomic E-state index is 12.9. The van der Waals surface area contributed by atoms with Crippen LogP contribution in [0.4, 0.5) is 17.1 Å². The highest BCUT2D eigenvalue weighted by molar-refractivity contribution is 7.92. The summed E-state index contributed by atoms with van der Waals surface area (Å²) in [5.74, 6) is 1.90. The van der Waals surface area contributed by atoms with E-state index in [1.54, 1.807) is 18.2 Å². The van der Waals surface area contributed by atoms with Gasteiger partial charge in [-0.3, -0.25) is 13.8 Å². The van der Waals surface area contributed by atoms with Gasteiger partial charge in [0.25, 0.3) is 10.0 Å². The molecule has 7 rings (SSSR count). The van der Waals surface area contributed by atoms with Gasteiger partial charge in [0, 0.05) is 11.4 Å². The number of amides is 1. The quantitative estimate of drug-likeness (QED) is 0.326. The maximum Gasteiger partial charge on any atom is 0.261 e. The second-order valence-electron chi connectivity index (χ2n) is 12.6. The molecular formula is C32H37N3O5S2. The molecule has 1 amide bonds. The molecule has 2 N–H and O–H groups in total. The lowest BCUT2D eigenvalue weighted by atomic mass is 9.48. The van der Waals surface area contributed by atoms with Crippen LogP contribution in [0.5, 0.6) is 0 Å². The van der Waals surface area contributed by atoms with Crippen LogP contribution in [0, 0.1) is 24.7 Å². The fourth-order valence-electron chi connectivity index (χ4n) is 7.82. The van der Waals surface area contributed by atoms with Crippen molar-refractivity contribution in [2.75, 3.05) is 27.1 Å². The maximum absolute atomic E-state index is 12.9. The minimum Gasteiger partial charge on any atom is -0.325 e. The van der Waals surface area contributed by atoms with Crippen LogP contribution in [0.3, 0.4) is 0 Å². The first kappa shape index (κ1) is 28.7. The lowest BCUT2D eigenvalue weighted by Gasteiger charge is -2.57. The first-order valence-corrected chi connectivity index (χ1v) is 17.8. The summed E-state index contributed by atoms with van der Waals surface area (Å²) >= 11 is 0. The number of sulfonamides is 2. The lowest BCUT2D eigenvalue weighted by Crippen LogP contribution is -2.48. The number of rotatable bonds is 9. The number of aryl methyl sites for hydroxylation is 1. The number of nitrogens with zero attached hydrogens (tertiary/aromatic N) is 1. The van der Waals surface area contributed by atoms with Crippen molar-refractivity contribution in [1.82, 2.24) is 0 Å². The third-order valence-electron chi connectivity index (χ3n) is 9.21. The molecule has 0 spiro atoms. The topological polar surface area (TPSA) is 113 Å². The van der Waals surface area contributed by atoms with Crippen LogP contribution in [0.15, 0.2) is 77.7 Å². The molecule has 0 radical (unpaired) electrons. The van der Waals surface area contributed by atoms with Crippen LogP contribution in [-0.4, -0.2) is 35.5 Å². The Hall–Kier alpha value is -3.37. The molecule has 4 aliphatic rings. The van der Waals surface area contributed by atoms with E-state index in [4.69, 9.17) is 0 Å². The predicted octanol–water partition coefficient (Wildman–Crippen LogP) is 5.67. The molecule has 4 fully saturated rings. The molecule has 10 heteroatoms. The monoisotopic (exact) mass is 607 g/mol. The fraction of sp³-hybridized carbons (Fsp3) is 0.406. The summed E-state index contributed by atoms with van der Waals surface area (Å²) in [6.07, 6.45) is 8.83. The van der Waals surface area contributed by atoms with Gasteiger partial charge in [0.1, 0.15) is 6.54 Å². The number of hydrogen-bond acceptors (Lipinski definition) is 5. The molecule has 4 saturated carbocycles. The minimum absolute atomic E-state index is 0.0406. The van der Waals surface area contributed by atoms with Gasteiger partial charge in [-0.2, -0.15) is 0 Å². The largest absolute Gasteiger partial charge is 0.325 e. The average molecular weight is 608 g/mol. The van der Waals surface area contributed by atoms with Gasteiger partial charge in [-0.1, -0.05) is 24.3 Å². The smallest absolute Gasteiger partial charge is 0.261 e. The molecule has 4 bridgehead atoms. The normalized spacial score (nSPS) is 24.8. The van der Waals surface area contributed by atoms with Gasteiger partial charge in [0.15, 0.2) is 0 Å². The van der Waals surface area contributed by atoms with Crippen molar-refractivity contribution >= 4 is 43.0 Å². The number of nitrogens with one attached hydrogen (secondary N) is 2. The summed E-state index contributed by atoms with van der Waals surface area (Å²) < 4.78 is 54.7. The van der Waals surface area contributed by atoms with Crippen molar-refractivity contribution in [3.63, 3.8) is 0 Å². The second kappa shape index (κ2) is 10.7. The van der Waals surface area contributed by atoms with E-state index in [1.807, 2.05) is 25.1 Å². The number of benzene rings is 3. The Bertz CT molecular complexity index is 1670. The minimum atomic E-state index is -3.82. The zero-order chi connectivity index (χ0) is 29.7. The summed E-state index contributed by atoms with van der Waals surface area (Å²) in [6.45, 7) is 1.48. The SMILES string of the molecule is Cc1cccc(NS(=O)(=O)c2ccc(NC(=O)CN(c3ccc(C45CC6CC(CC(C6)C4)C5)cc3)S(C)(=O)=O)cc2)c1. The van der Waals surface area contributed by atoms with Gasteiger partial charge in [0.2, 0.25) is 15.9 Å². The van der Waals surface area contributed by atoms with Crippen LogP contribution < -0.4 is 14.3 Å². The second-order valence-corrected chi connectivity index (χ2v) is 16.2. The van der Waals surface area contributed by atoms with E-state index < -0.39 is 32.5 Å². The van der Waals surface area contributed by atoms with E-state index in [9.17, 15) is 21.6 Å². The van der Waals surface area contributed by atoms with Gasteiger partial charge in [-0.15, -0.1) is 0 Å². The molecule has 3 aromatic rings. The number of carbonyl (C=O) groups is 1. The van der Waals surface area contributed by atoms with Crippen LogP contribution in [-0.2, 0) is 30.3 Å². The van der Waals surface area contributed by atoms with E-state index in [1.165, 1.54) is 68.4 Å². The Morgan fingerprint density at radius 2 is 1.43 bits per heavy atom. The predicted molar refractivity (Wildman–Crippen MR) is 166 cm³/mol. The highest BCUT2D eigenvalue weighted by atomic mass is 32.2. The molecule has 222 valence electrons. The summed E-state index contributed by atoms with van der Waals surface area (Å²) in [5, 5.41) is 2.69. The van der Waals surface area contributed by atoms with Gasteiger partial charge in [-0.05, 0) is 128 Å². The third-order valence-corrected chi connectivity index (χ3v) is 11.7. The Labute approximate surface area is 248 Å². The lowest BCUT2D eigenvalue weighted by molar-refractivity contribution is -0.114. The van der Waals surface area contributed by atoms with E-state index in [0.717, 1.165) is 33.9 Å². The standard InChI is InChI=1S/C32H37N3O5S2/c1-22-4-3-5-28(14-22)34-42(39,40)30-12-8-27(9-13-30)33-31(36)21-35(41(2,37)38)29-10-6-26(7-11-29)32-18-23-15-24(19-32)17-25(16-23)20-32/h3-14,23-25,34H,15-21H2,1-2H3,(H,33,36).